The van der Waals surface area contributed by atoms with Gasteiger partial charge in [-0.2, -0.15) is 4.39 Å². The molecule has 0 aromatic carbocycles. The Morgan fingerprint density at radius 1 is 1.53 bits per heavy atom. The van der Waals surface area contributed by atoms with Crippen molar-refractivity contribution in [1.29, 1.82) is 0 Å². The van der Waals surface area contributed by atoms with Crippen molar-refractivity contribution in [1.82, 2.24) is 4.98 Å². The molecule has 5 heteroatoms. The van der Waals surface area contributed by atoms with Gasteiger partial charge in [0.2, 0.25) is 5.95 Å². The van der Waals surface area contributed by atoms with E-state index in [1.54, 1.807) is 13.8 Å². The summed E-state index contributed by atoms with van der Waals surface area (Å²) in [6, 6.07) is 2.54. The highest BCUT2D eigenvalue weighted by molar-refractivity contribution is 5.74. The molecule has 0 saturated carbocycles. The van der Waals surface area contributed by atoms with Gasteiger partial charge >= 0.3 is 5.97 Å². The van der Waals surface area contributed by atoms with Gasteiger partial charge in [0.15, 0.2) is 6.10 Å². The van der Waals surface area contributed by atoms with Crippen molar-refractivity contribution >= 4 is 5.97 Å². The molecule has 0 radical (unpaired) electrons. The van der Waals surface area contributed by atoms with Crippen molar-refractivity contribution in [2.45, 2.75) is 25.4 Å². The van der Waals surface area contributed by atoms with E-state index >= 15 is 0 Å². The molecule has 1 heterocycles. The van der Waals surface area contributed by atoms with Crippen LogP contribution in [0.3, 0.4) is 0 Å². The van der Waals surface area contributed by atoms with E-state index in [9.17, 15) is 14.3 Å². The first-order valence-electron chi connectivity index (χ1n) is 4.38. The molecule has 0 spiro atoms. The largest absolute Gasteiger partial charge is 0.479 e. The summed E-state index contributed by atoms with van der Waals surface area (Å²) in [6.07, 6.45) is -0.327. The quantitative estimate of drug-likeness (QED) is 0.733. The maximum atomic E-state index is 12.5. The van der Waals surface area contributed by atoms with Gasteiger partial charge in [-0.05, 0) is 11.6 Å². The van der Waals surface area contributed by atoms with Crippen LogP contribution in [0.5, 0.6) is 0 Å². The molecule has 0 aliphatic carbocycles. The van der Waals surface area contributed by atoms with E-state index in [1.807, 2.05) is 0 Å². The Hall–Kier alpha value is -1.49. The van der Waals surface area contributed by atoms with Crippen molar-refractivity contribution in [2.24, 2.45) is 0 Å². The first kappa shape index (κ1) is 11.6. The summed E-state index contributed by atoms with van der Waals surface area (Å²) in [5.41, 5.74) is -0.536. The predicted molar refractivity (Wildman–Crippen MR) is 50.9 cm³/mol. The summed E-state index contributed by atoms with van der Waals surface area (Å²) in [5.74, 6) is -1.95. The van der Waals surface area contributed by atoms with Crippen LogP contribution in [-0.2, 0) is 10.2 Å². The molecular weight excluding hydrogens is 201 g/mol. The molecule has 1 unspecified atom stereocenters. The fraction of sp³-hybridized carbons (Fsp3) is 0.400. The van der Waals surface area contributed by atoms with Crippen molar-refractivity contribution < 1.29 is 19.4 Å². The van der Waals surface area contributed by atoms with Gasteiger partial charge in [-0.15, -0.1) is 0 Å². The van der Waals surface area contributed by atoms with Crippen LogP contribution in [0.15, 0.2) is 18.3 Å². The summed E-state index contributed by atoms with van der Waals surface area (Å²) in [5, 5.41) is 18.1. The lowest BCUT2D eigenvalue weighted by Crippen LogP contribution is -2.39. The van der Waals surface area contributed by atoms with E-state index < -0.39 is 23.4 Å². The third kappa shape index (κ3) is 2.30. The molecule has 1 atom stereocenters. The second-order valence-corrected chi connectivity index (χ2v) is 3.83. The molecule has 1 aromatic rings. The lowest BCUT2D eigenvalue weighted by molar-refractivity contribution is -0.150. The van der Waals surface area contributed by atoms with Gasteiger partial charge in [0.05, 0.1) is 0 Å². The first-order chi connectivity index (χ1) is 6.85. The minimum Gasteiger partial charge on any atom is -0.479 e. The average molecular weight is 213 g/mol. The number of hydrogen-bond donors (Lipinski definition) is 2. The van der Waals surface area contributed by atoms with Crippen molar-refractivity contribution in [3.63, 3.8) is 0 Å². The highest BCUT2D eigenvalue weighted by Crippen LogP contribution is 2.26. The molecule has 4 nitrogen and oxygen atoms in total. The number of carbonyl (C=O) groups is 1. The van der Waals surface area contributed by atoms with Crippen molar-refractivity contribution in [3.8, 4) is 0 Å². The standard InChI is InChI=1S/C10H12FNO3/c1-10(2,8(13)9(14)15)6-3-4-7(11)12-5-6/h3-5,8,13H,1-2H3,(H,14,15). The Morgan fingerprint density at radius 3 is 2.53 bits per heavy atom. The van der Waals surface area contributed by atoms with Crippen LogP contribution in [0.1, 0.15) is 19.4 Å². The third-order valence-electron chi connectivity index (χ3n) is 2.39. The van der Waals surface area contributed by atoms with Crippen LogP contribution in [-0.4, -0.2) is 27.3 Å². The maximum absolute atomic E-state index is 12.5. The fourth-order valence-electron chi connectivity index (χ4n) is 1.22. The summed E-state index contributed by atoms with van der Waals surface area (Å²) in [4.78, 5) is 14.1. The molecule has 0 bridgehead atoms. The van der Waals surface area contributed by atoms with Gasteiger partial charge < -0.3 is 10.2 Å². The zero-order valence-electron chi connectivity index (χ0n) is 8.44. The van der Waals surface area contributed by atoms with E-state index in [0.29, 0.717) is 5.56 Å². The van der Waals surface area contributed by atoms with Crippen LogP contribution in [0.4, 0.5) is 4.39 Å². The molecule has 0 saturated heterocycles. The normalized spacial score (nSPS) is 13.6. The van der Waals surface area contributed by atoms with Crippen LogP contribution in [0.25, 0.3) is 0 Å². The summed E-state index contributed by atoms with van der Waals surface area (Å²) < 4.78 is 12.5. The van der Waals surface area contributed by atoms with Gasteiger partial charge in [0, 0.05) is 11.6 Å². The molecule has 0 amide bonds. The fourth-order valence-corrected chi connectivity index (χ4v) is 1.22. The van der Waals surface area contributed by atoms with Gasteiger partial charge in [-0.3, -0.25) is 0 Å². The Morgan fingerprint density at radius 2 is 2.13 bits per heavy atom. The zero-order chi connectivity index (χ0) is 11.6. The van der Waals surface area contributed by atoms with Crippen LogP contribution in [0.2, 0.25) is 0 Å². The number of hydrogen-bond acceptors (Lipinski definition) is 3. The summed E-state index contributed by atoms with van der Waals surface area (Å²) >= 11 is 0. The molecular formula is C10H12FNO3. The molecule has 2 N–H and O–H groups in total. The number of aliphatic hydroxyl groups excluding tert-OH is 1. The number of aliphatic carboxylic acids is 1. The van der Waals surface area contributed by atoms with Crippen LogP contribution < -0.4 is 0 Å². The second-order valence-electron chi connectivity index (χ2n) is 3.83. The van der Waals surface area contributed by atoms with Gasteiger partial charge in [0.25, 0.3) is 0 Å². The summed E-state index contributed by atoms with van der Waals surface area (Å²) in [7, 11) is 0. The molecule has 0 aliphatic heterocycles. The third-order valence-corrected chi connectivity index (χ3v) is 2.39. The van der Waals surface area contributed by atoms with Gasteiger partial charge in [-0.25, -0.2) is 9.78 Å². The smallest absolute Gasteiger partial charge is 0.333 e. The number of pyridine rings is 1. The van der Waals surface area contributed by atoms with Gasteiger partial charge in [-0.1, -0.05) is 19.9 Å². The lowest BCUT2D eigenvalue weighted by Gasteiger charge is -2.27. The van der Waals surface area contributed by atoms with E-state index in [0.717, 1.165) is 6.07 Å². The number of rotatable bonds is 3. The van der Waals surface area contributed by atoms with Crippen LogP contribution >= 0.6 is 0 Å². The van der Waals surface area contributed by atoms with Crippen molar-refractivity contribution in [3.05, 3.63) is 29.8 Å². The first-order valence-corrected chi connectivity index (χ1v) is 4.38. The van der Waals surface area contributed by atoms with E-state index in [-0.39, 0.29) is 0 Å². The highest BCUT2D eigenvalue weighted by Gasteiger charge is 2.35. The number of halogens is 1. The number of aromatic nitrogens is 1. The molecule has 1 rings (SSSR count). The molecule has 1 aromatic heterocycles. The minimum atomic E-state index is -1.55. The van der Waals surface area contributed by atoms with E-state index in [4.69, 9.17) is 5.11 Å². The van der Waals surface area contributed by atoms with Crippen molar-refractivity contribution in [2.75, 3.05) is 0 Å². The average Bonchev–Trinajstić information content (AvgIpc) is 2.17. The van der Waals surface area contributed by atoms with Gasteiger partial charge in [0.1, 0.15) is 0 Å². The Balaban J connectivity index is 3.05. The van der Waals surface area contributed by atoms with Crippen LogP contribution in [0, 0.1) is 5.95 Å². The number of nitrogens with zero attached hydrogens (tertiary/aromatic N) is 1. The van der Waals surface area contributed by atoms with E-state index in [1.165, 1.54) is 12.3 Å². The Kier molecular flexibility index (Phi) is 3.04. The lowest BCUT2D eigenvalue weighted by atomic mass is 9.80. The number of aliphatic hydroxyl groups is 1. The number of carboxylic acid groups (broad SMARTS) is 1. The Bertz CT molecular complexity index is 361. The molecule has 15 heavy (non-hydrogen) atoms. The Labute approximate surface area is 86.4 Å². The summed E-state index contributed by atoms with van der Waals surface area (Å²) in [6.45, 7) is 3.11. The second kappa shape index (κ2) is 3.94. The number of carboxylic acids is 1. The minimum absolute atomic E-state index is 0.471. The SMILES string of the molecule is CC(C)(c1ccc(F)nc1)C(O)C(=O)O. The molecule has 0 fully saturated rings. The molecule has 0 aliphatic rings. The monoisotopic (exact) mass is 213 g/mol. The molecule has 82 valence electrons. The topological polar surface area (TPSA) is 70.4 Å². The highest BCUT2D eigenvalue weighted by atomic mass is 19.1. The predicted octanol–water partition coefficient (Wildman–Crippen LogP) is 0.944. The zero-order valence-corrected chi connectivity index (χ0v) is 8.44. The maximum Gasteiger partial charge on any atom is 0.333 e. The van der Waals surface area contributed by atoms with E-state index in [2.05, 4.69) is 4.98 Å².